The standard InChI is InChI=1S/C11H11FO3/c12-8-3-1-7(2-4-8)9-5-11(14)15-10(9)6-13/h1-4,9-10,13H,5-6H2/t9-,10-/m0/s1. The highest BCUT2D eigenvalue weighted by Gasteiger charge is 2.35. The molecule has 1 aliphatic heterocycles. The Labute approximate surface area is 86.5 Å². The number of ether oxygens (including phenoxy) is 1. The van der Waals surface area contributed by atoms with Gasteiger partial charge in [0.15, 0.2) is 0 Å². The zero-order valence-electron chi connectivity index (χ0n) is 8.02. The second kappa shape index (κ2) is 3.98. The molecule has 1 fully saturated rings. The fraction of sp³-hybridized carbons (Fsp3) is 0.364. The van der Waals surface area contributed by atoms with Gasteiger partial charge in [0.05, 0.1) is 13.0 Å². The Kier molecular flexibility index (Phi) is 2.68. The fourth-order valence-corrected chi connectivity index (χ4v) is 1.82. The number of aliphatic hydroxyl groups excluding tert-OH is 1. The molecule has 4 heteroatoms. The second-order valence-electron chi connectivity index (χ2n) is 3.57. The number of rotatable bonds is 2. The lowest BCUT2D eigenvalue weighted by Gasteiger charge is -2.14. The number of aliphatic hydroxyl groups is 1. The Morgan fingerprint density at radius 2 is 2.07 bits per heavy atom. The molecule has 0 bridgehead atoms. The molecule has 3 nitrogen and oxygen atoms in total. The van der Waals surface area contributed by atoms with Crippen molar-refractivity contribution in [1.29, 1.82) is 0 Å². The summed E-state index contributed by atoms with van der Waals surface area (Å²) in [5, 5.41) is 9.02. The molecule has 0 saturated carbocycles. The summed E-state index contributed by atoms with van der Waals surface area (Å²) < 4.78 is 17.6. The van der Waals surface area contributed by atoms with E-state index in [0.717, 1.165) is 5.56 Å². The Bertz CT molecular complexity index is 361. The van der Waals surface area contributed by atoms with Crippen molar-refractivity contribution >= 4 is 5.97 Å². The summed E-state index contributed by atoms with van der Waals surface area (Å²) in [5.41, 5.74) is 0.821. The monoisotopic (exact) mass is 210 g/mol. The number of esters is 1. The van der Waals surface area contributed by atoms with E-state index in [4.69, 9.17) is 9.84 Å². The molecule has 0 spiro atoms. The fourth-order valence-electron chi connectivity index (χ4n) is 1.82. The number of benzene rings is 1. The first-order valence-corrected chi connectivity index (χ1v) is 4.76. The SMILES string of the molecule is O=C1C[C@@H](c2ccc(F)cc2)[C@H](CO)O1. The van der Waals surface area contributed by atoms with Crippen molar-refractivity contribution in [3.05, 3.63) is 35.6 Å². The van der Waals surface area contributed by atoms with Gasteiger partial charge >= 0.3 is 5.97 Å². The summed E-state index contributed by atoms with van der Waals surface area (Å²) in [6, 6.07) is 5.91. The van der Waals surface area contributed by atoms with E-state index in [1.165, 1.54) is 12.1 Å². The van der Waals surface area contributed by atoms with Gasteiger partial charge in [-0.2, -0.15) is 0 Å². The summed E-state index contributed by atoms with van der Waals surface area (Å²) in [4.78, 5) is 11.1. The van der Waals surface area contributed by atoms with Crippen LogP contribution in [0.2, 0.25) is 0 Å². The minimum Gasteiger partial charge on any atom is -0.459 e. The van der Waals surface area contributed by atoms with Crippen LogP contribution in [-0.4, -0.2) is 23.8 Å². The molecule has 0 unspecified atom stereocenters. The van der Waals surface area contributed by atoms with E-state index < -0.39 is 6.10 Å². The predicted octanol–water partition coefficient (Wildman–Crippen LogP) is 1.22. The van der Waals surface area contributed by atoms with Crippen LogP contribution in [0.25, 0.3) is 0 Å². The molecular weight excluding hydrogens is 199 g/mol. The Morgan fingerprint density at radius 1 is 1.40 bits per heavy atom. The number of halogens is 1. The summed E-state index contributed by atoms with van der Waals surface area (Å²) in [7, 11) is 0. The molecule has 2 rings (SSSR count). The molecule has 1 aliphatic rings. The molecule has 1 N–H and O–H groups in total. The van der Waals surface area contributed by atoms with Gasteiger partial charge in [0.2, 0.25) is 0 Å². The van der Waals surface area contributed by atoms with Crippen LogP contribution < -0.4 is 0 Å². The molecule has 0 radical (unpaired) electrons. The molecule has 15 heavy (non-hydrogen) atoms. The van der Waals surface area contributed by atoms with Crippen LogP contribution >= 0.6 is 0 Å². The summed E-state index contributed by atoms with van der Waals surface area (Å²) >= 11 is 0. The highest BCUT2D eigenvalue weighted by molar-refractivity contribution is 5.73. The molecule has 1 heterocycles. The molecule has 0 amide bonds. The van der Waals surface area contributed by atoms with Gasteiger partial charge in [0, 0.05) is 5.92 Å². The van der Waals surface area contributed by atoms with E-state index in [1.807, 2.05) is 0 Å². The van der Waals surface area contributed by atoms with Crippen molar-refractivity contribution in [2.75, 3.05) is 6.61 Å². The smallest absolute Gasteiger partial charge is 0.306 e. The largest absolute Gasteiger partial charge is 0.459 e. The van der Waals surface area contributed by atoms with Gasteiger partial charge in [-0.3, -0.25) is 4.79 Å². The van der Waals surface area contributed by atoms with Crippen molar-refractivity contribution < 1.29 is 19.0 Å². The third-order valence-electron chi connectivity index (χ3n) is 2.60. The molecular formula is C11H11FO3. The van der Waals surface area contributed by atoms with Gasteiger partial charge in [-0.05, 0) is 17.7 Å². The van der Waals surface area contributed by atoms with Gasteiger partial charge in [0.25, 0.3) is 0 Å². The number of carbonyl (C=O) groups is 1. The van der Waals surface area contributed by atoms with E-state index in [-0.39, 0.29) is 30.7 Å². The molecule has 80 valence electrons. The topological polar surface area (TPSA) is 46.5 Å². The number of carbonyl (C=O) groups excluding carboxylic acids is 1. The van der Waals surface area contributed by atoms with Crippen LogP contribution in [0.4, 0.5) is 4.39 Å². The summed E-state index contributed by atoms with van der Waals surface area (Å²) in [6.07, 6.45) is -0.250. The zero-order valence-corrected chi connectivity index (χ0v) is 8.02. The highest BCUT2D eigenvalue weighted by Crippen LogP contribution is 2.31. The molecule has 0 aliphatic carbocycles. The number of cyclic esters (lactones) is 1. The maximum atomic E-state index is 12.7. The van der Waals surface area contributed by atoms with Crippen LogP contribution in [0.3, 0.4) is 0 Å². The van der Waals surface area contributed by atoms with Gasteiger partial charge in [-0.15, -0.1) is 0 Å². The van der Waals surface area contributed by atoms with E-state index in [1.54, 1.807) is 12.1 Å². The molecule has 1 saturated heterocycles. The lowest BCUT2D eigenvalue weighted by molar-refractivity contribution is -0.142. The van der Waals surface area contributed by atoms with E-state index in [9.17, 15) is 9.18 Å². The zero-order chi connectivity index (χ0) is 10.8. The van der Waals surface area contributed by atoms with E-state index >= 15 is 0 Å². The van der Waals surface area contributed by atoms with Crippen LogP contribution in [0, 0.1) is 5.82 Å². The molecule has 1 aromatic rings. The predicted molar refractivity (Wildman–Crippen MR) is 50.7 cm³/mol. The van der Waals surface area contributed by atoms with Gasteiger partial charge < -0.3 is 9.84 Å². The van der Waals surface area contributed by atoms with Crippen LogP contribution in [-0.2, 0) is 9.53 Å². The van der Waals surface area contributed by atoms with Gasteiger partial charge in [-0.1, -0.05) is 12.1 Å². The van der Waals surface area contributed by atoms with Gasteiger partial charge in [0.1, 0.15) is 11.9 Å². The maximum absolute atomic E-state index is 12.7. The third kappa shape index (κ3) is 1.99. The van der Waals surface area contributed by atoms with Crippen LogP contribution in [0.5, 0.6) is 0 Å². The quantitative estimate of drug-likeness (QED) is 0.746. The van der Waals surface area contributed by atoms with Crippen molar-refractivity contribution in [1.82, 2.24) is 0 Å². The van der Waals surface area contributed by atoms with Crippen LogP contribution in [0.1, 0.15) is 17.9 Å². The first-order valence-electron chi connectivity index (χ1n) is 4.76. The average molecular weight is 210 g/mol. The summed E-state index contributed by atoms with van der Waals surface area (Å²) in [6.45, 7) is -0.201. The van der Waals surface area contributed by atoms with Crippen LogP contribution in [0.15, 0.2) is 24.3 Å². The molecule has 0 aromatic heterocycles. The van der Waals surface area contributed by atoms with Gasteiger partial charge in [-0.25, -0.2) is 4.39 Å². The van der Waals surface area contributed by atoms with Crippen molar-refractivity contribution in [3.8, 4) is 0 Å². The third-order valence-corrected chi connectivity index (χ3v) is 2.60. The lowest BCUT2D eigenvalue weighted by Crippen LogP contribution is -2.18. The Morgan fingerprint density at radius 3 is 2.67 bits per heavy atom. The van der Waals surface area contributed by atoms with Crippen molar-refractivity contribution in [2.24, 2.45) is 0 Å². The number of hydrogen-bond donors (Lipinski definition) is 1. The minimum absolute atomic E-state index is 0.164. The van der Waals surface area contributed by atoms with E-state index in [0.29, 0.717) is 0 Å². The Balaban J connectivity index is 2.22. The lowest BCUT2D eigenvalue weighted by atomic mass is 9.93. The van der Waals surface area contributed by atoms with E-state index in [2.05, 4.69) is 0 Å². The van der Waals surface area contributed by atoms with Crippen molar-refractivity contribution in [3.63, 3.8) is 0 Å². The minimum atomic E-state index is -0.497. The summed E-state index contributed by atoms with van der Waals surface area (Å²) in [5.74, 6) is -0.795. The second-order valence-corrected chi connectivity index (χ2v) is 3.57. The first-order chi connectivity index (χ1) is 7.20. The van der Waals surface area contributed by atoms with Crippen molar-refractivity contribution in [2.45, 2.75) is 18.4 Å². The maximum Gasteiger partial charge on any atom is 0.306 e. The number of hydrogen-bond acceptors (Lipinski definition) is 3. The molecule has 2 atom stereocenters. The highest BCUT2D eigenvalue weighted by atomic mass is 19.1. The molecule has 1 aromatic carbocycles. The Hall–Kier alpha value is -1.42. The first kappa shape index (κ1) is 10.1. The average Bonchev–Trinajstić information content (AvgIpc) is 2.61. The normalized spacial score (nSPS) is 25.3.